The molecule has 0 bridgehead atoms. The zero-order valence-electron chi connectivity index (χ0n) is 15.0. The summed E-state index contributed by atoms with van der Waals surface area (Å²) in [4.78, 5) is 47.4. The highest BCUT2D eigenvalue weighted by Crippen LogP contribution is 2.24. The molecule has 0 spiro atoms. The molecule has 1 saturated carbocycles. The molecule has 0 radical (unpaired) electrons. The highest BCUT2D eigenvalue weighted by molar-refractivity contribution is 5.90. The monoisotopic (exact) mass is 378 g/mol. The van der Waals surface area contributed by atoms with Crippen LogP contribution in [0.3, 0.4) is 0 Å². The van der Waals surface area contributed by atoms with E-state index in [9.17, 15) is 28.7 Å². The van der Waals surface area contributed by atoms with Gasteiger partial charge in [0.15, 0.2) is 0 Å². The molecule has 3 N–H and O–H groups in total. The second-order valence-electron chi connectivity index (χ2n) is 6.77. The van der Waals surface area contributed by atoms with Crippen LogP contribution < -0.4 is 10.6 Å². The molecular weight excluding hydrogens is 355 g/mol. The van der Waals surface area contributed by atoms with Gasteiger partial charge in [-0.2, -0.15) is 0 Å². The minimum atomic E-state index is -1.24. The lowest BCUT2D eigenvalue weighted by Gasteiger charge is -2.29. The minimum absolute atomic E-state index is 0.0310. The van der Waals surface area contributed by atoms with Crippen LogP contribution >= 0.6 is 0 Å². The number of benzene rings is 1. The third-order valence-electron chi connectivity index (χ3n) is 4.63. The van der Waals surface area contributed by atoms with E-state index in [1.54, 1.807) is 6.07 Å². The zero-order chi connectivity index (χ0) is 20.0. The number of rotatable bonds is 7. The predicted molar refractivity (Wildman–Crippen MR) is 94.2 cm³/mol. The largest absolute Gasteiger partial charge is 0.480 e. The molecule has 0 aromatic heterocycles. The second kappa shape index (κ2) is 9.25. The SMILES string of the molecule is CC(=O)N[C@@H](Cc1ccccc1F)C(=O)N[C@@H](C(=O)O)[C@@H]1CCCC(=O)C1. The number of hydrogen-bond acceptors (Lipinski definition) is 4. The Morgan fingerprint density at radius 3 is 2.56 bits per heavy atom. The zero-order valence-corrected chi connectivity index (χ0v) is 15.0. The van der Waals surface area contributed by atoms with Crippen LogP contribution in [0.15, 0.2) is 24.3 Å². The standard InChI is InChI=1S/C19H23FN2O5/c1-11(23)21-16(10-12-5-2-3-8-15(12)20)18(25)22-17(19(26)27)13-6-4-7-14(24)9-13/h2-3,5,8,13,16-17H,4,6-7,9-10H2,1H3,(H,21,23)(H,22,25)(H,26,27)/t13-,16+,17-/m1/s1. The van der Waals surface area contributed by atoms with Crippen LogP contribution in [0.5, 0.6) is 0 Å². The quantitative estimate of drug-likeness (QED) is 0.660. The molecule has 1 aromatic rings. The van der Waals surface area contributed by atoms with Gasteiger partial charge < -0.3 is 15.7 Å². The lowest BCUT2D eigenvalue weighted by Crippen LogP contribution is -2.54. The van der Waals surface area contributed by atoms with Gasteiger partial charge >= 0.3 is 5.97 Å². The van der Waals surface area contributed by atoms with E-state index >= 15 is 0 Å². The van der Waals surface area contributed by atoms with Gasteiger partial charge in [0, 0.05) is 26.2 Å². The Kier molecular flexibility index (Phi) is 7.04. The third kappa shape index (κ3) is 5.87. The van der Waals surface area contributed by atoms with Crippen LogP contribution in [0.4, 0.5) is 4.39 Å². The van der Waals surface area contributed by atoms with Crippen molar-refractivity contribution < 1.29 is 28.7 Å². The number of ketones is 1. The average molecular weight is 378 g/mol. The molecule has 0 unspecified atom stereocenters. The number of hydrogen-bond donors (Lipinski definition) is 3. The molecule has 0 aliphatic heterocycles. The average Bonchev–Trinajstić information content (AvgIpc) is 2.60. The van der Waals surface area contributed by atoms with Gasteiger partial charge in [-0.15, -0.1) is 0 Å². The summed E-state index contributed by atoms with van der Waals surface area (Å²) in [6.07, 6.45) is 1.48. The van der Waals surface area contributed by atoms with Gasteiger partial charge in [0.25, 0.3) is 0 Å². The number of amides is 2. The summed E-state index contributed by atoms with van der Waals surface area (Å²) in [6, 6.07) is 3.48. The van der Waals surface area contributed by atoms with Crippen LogP contribution in [0, 0.1) is 11.7 Å². The van der Waals surface area contributed by atoms with Crippen LogP contribution in [-0.2, 0) is 25.6 Å². The topological polar surface area (TPSA) is 113 Å². The summed E-state index contributed by atoms with van der Waals surface area (Å²) < 4.78 is 13.9. The van der Waals surface area contributed by atoms with Gasteiger partial charge in [0.1, 0.15) is 23.7 Å². The molecule has 1 fully saturated rings. The van der Waals surface area contributed by atoms with E-state index in [0.29, 0.717) is 19.3 Å². The summed E-state index contributed by atoms with van der Waals surface area (Å²) in [5.41, 5.74) is 0.228. The van der Waals surface area contributed by atoms with Crippen molar-refractivity contribution in [1.29, 1.82) is 0 Å². The van der Waals surface area contributed by atoms with E-state index in [1.165, 1.54) is 25.1 Å². The van der Waals surface area contributed by atoms with Gasteiger partial charge in [-0.1, -0.05) is 18.2 Å². The van der Waals surface area contributed by atoms with E-state index in [-0.39, 0.29) is 24.2 Å². The Labute approximate surface area is 156 Å². The number of nitrogens with one attached hydrogen (secondary N) is 2. The lowest BCUT2D eigenvalue weighted by atomic mass is 9.83. The van der Waals surface area contributed by atoms with Crippen LogP contribution in [0.25, 0.3) is 0 Å². The number of carboxylic acid groups (broad SMARTS) is 1. The maximum absolute atomic E-state index is 13.9. The van der Waals surface area contributed by atoms with Gasteiger partial charge in [-0.05, 0) is 30.4 Å². The van der Waals surface area contributed by atoms with E-state index in [4.69, 9.17) is 0 Å². The molecule has 2 amide bonds. The number of carbonyl (C=O) groups is 4. The Morgan fingerprint density at radius 2 is 1.96 bits per heavy atom. The summed E-state index contributed by atoms with van der Waals surface area (Å²) in [5, 5.41) is 14.3. The molecule has 0 heterocycles. The van der Waals surface area contributed by atoms with E-state index in [2.05, 4.69) is 10.6 Å². The van der Waals surface area contributed by atoms with Crippen molar-refractivity contribution in [2.75, 3.05) is 0 Å². The number of halogens is 1. The maximum atomic E-state index is 13.9. The summed E-state index contributed by atoms with van der Waals surface area (Å²) in [5.74, 6) is -3.51. The fraction of sp³-hybridized carbons (Fsp3) is 0.474. The Hall–Kier alpha value is -2.77. The van der Waals surface area contributed by atoms with Crippen molar-refractivity contribution in [2.45, 2.75) is 51.1 Å². The number of carboxylic acids is 1. The molecule has 3 atom stereocenters. The first-order chi connectivity index (χ1) is 12.8. The number of carbonyl (C=O) groups excluding carboxylic acids is 3. The summed E-state index contributed by atoms with van der Waals surface area (Å²) in [7, 11) is 0. The Bertz CT molecular complexity index is 737. The van der Waals surface area contributed by atoms with Crippen molar-refractivity contribution >= 4 is 23.6 Å². The lowest BCUT2D eigenvalue weighted by molar-refractivity contribution is -0.144. The molecule has 1 aromatic carbocycles. The van der Waals surface area contributed by atoms with Crippen molar-refractivity contribution in [3.05, 3.63) is 35.6 Å². The predicted octanol–water partition coefficient (Wildman–Crippen LogP) is 1.20. The minimum Gasteiger partial charge on any atom is -0.480 e. The Morgan fingerprint density at radius 1 is 1.26 bits per heavy atom. The fourth-order valence-corrected chi connectivity index (χ4v) is 3.32. The highest BCUT2D eigenvalue weighted by atomic mass is 19.1. The number of aliphatic carboxylic acids is 1. The summed E-state index contributed by atoms with van der Waals surface area (Å²) >= 11 is 0. The van der Waals surface area contributed by atoms with Gasteiger partial charge in [0.2, 0.25) is 11.8 Å². The first-order valence-corrected chi connectivity index (χ1v) is 8.83. The van der Waals surface area contributed by atoms with Crippen molar-refractivity contribution in [1.82, 2.24) is 10.6 Å². The van der Waals surface area contributed by atoms with E-state index in [0.717, 1.165) is 0 Å². The first kappa shape index (κ1) is 20.5. The van der Waals surface area contributed by atoms with Crippen molar-refractivity contribution in [2.24, 2.45) is 5.92 Å². The van der Waals surface area contributed by atoms with Gasteiger partial charge in [0.05, 0.1) is 0 Å². The smallest absolute Gasteiger partial charge is 0.326 e. The molecule has 8 heteroatoms. The van der Waals surface area contributed by atoms with Gasteiger partial charge in [-0.3, -0.25) is 14.4 Å². The maximum Gasteiger partial charge on any atom is 0.326 e. The molecular formula is C19H23FN2O5. The van der Waals surface area contributed by atoms with Crippen LogP contribution in [0.2, 0.25) is 0 Å². The van der Waals surface area contributed by atoms with Gasteiger partial charge in [-0.25, -0.2) is 9.18 Å². The molecule has 2 rings (SSSR count). The molecule has 0 saturated heterocycles. The molecule has 1 aliphatic rings. The molecule has 7 nitrogen and oxygen atoms in total. The molecule has 27 heavy (non-hydrogen) atoms. The van der Waals surface area contributed by atoms with Crippen molar-refractivity contribution in [3.8, 4) is 0 Å². The van der Waals surface area contributed by atoms with Crippen LogP contribution in [0.1, 0.15) is 38.2 Å². The fourth-order valence-electron chi connectivity index (χ4n) is 3.32. The number of Topliss-reactive ketones (excluding diaryl/α,β-unsaturated/α-hetero) is 1. The van der Waals surface area contributed by atoms with Crippen molar-refractivity contribution in [3.63, 3.8) is 0 Å². The van der Waals surface area contributed by atoms with E-state index < -0.39 is 41.6 Å². The summed E-state index contributed by atoms with van der Waals surface area (Å²) in [6.45, 7) is 1.22. The third-order valence-corrected chi connectivity index (χ3v) is 4.63. The normalized spacial score (nSPS) is 19.0. The first-order valence-electron chi connectivity index (χ1n) is 8.83. The molecule has 1 aliphatic carbocycles. The van der Waals surface area contributed by atoms with E-state index in [1.807, 2.05) is 0 Å². The second-order valence-corrected chi connectivity index (χ2v) is 6.77. The molecule has 146 valence electrons. The highest BCUT2D eigenvalue weighted by Gasteiger charge is 2.35. The Balaban J connectivity index is 2.15. The van der Waals surface area contributed by atoms with Crippen LogP contribution in [-0.4, -0.2) is 40.8 Å².